The Hall–Kier alpha value is -3.46. The number of anilines is 2. The number of amides is 2. The number of fused-ring (bicyclic) bond motifs is 1. The lowest BCUT2D eigenvalue weighted by Gasteiger charge is -2.21. The van der Waals surface area contributed by atoms with Crippen LogP contribution in [0.1, 0.15) is 13.3 Å². The molecular formula is C20H19N5O3S. The molecule has 1 aliphatic heterocycles. The Balaban J connectivity index is 1.51. The Kier molecular flexibility index (Phi) is 5.39. The van der Waals surface area contributed by atoms with Crippen LogP contribution in [0.15, 0.2) is 53.5 Å². The molecule has 1 atom stereocenters. The number of hydrogen-bond acceptors (Lipinski definition) is 7. The van der Waals surface area contributed by atoms with Gasteiger partial charge in [0.25, 0.3) is 0 Å². The van der Waals surface area contributed by atoms with E-state index in [1.165, 1.54) is 11.3 Å². The maximum atomic E-state index is 12.7. The van der Waals surface area contributed by atoms with Crippen molar-refractivity contribution in [2.75, 3.05) is 17.2 Å². The molecule has 1 aromatic heterocycles. The van der Waals surface area contributed by atoms with E-state index in [0.29, 0.717) is 23.2 Å². The number of ether oxygens (including phenoxy) is 1. The summed E-state index contributed by atoms with van der Waals surface area (Å²) in [7, 11) is 0. The molecule has 148 valence electrons. The molecule has 1 aliphatic rings. The number of aliphatic imine (C=N–C) groups is 1. The van der Waals surface area contributed by atoms with Gasteiger partial charge in [-0.2, -0.15) is 0 Å². The zero-order chi connectivity index (χ0) is 20.2. The van der Waals surface area contributed by atoms with Gasteiger partial charge in [-0.1, -0.05) is 35.6 Å². The third-order valence-corrected chi connectivity index (χ3v) is 5.14. The van der Waals surface area contributed by atoms with Crippen molar-refractivity contribution in [3.8, 4) is 5.75 Å². The Morgan fingerprint density at radius 1 is 1.24 bits per heavy atom. The SMILES string of the molecule is CCOc1ccccc1NC(=O)C1CC(=O)NC(Nc2nc3ccccc3s2)=N1. The number of thiazole rings is 1. The topological polar surface area (TPSA) is 105 Å². The van der Waals surface area contributed by atoms with Crippen LogP contribution in [0.3, 0.4) is 0 Å². The van der Waals surface area contributed by atoms with Crippen LogP contribution in [0.5, 0.6) is 5.75 Å². The summed E-state index contributed by atoms with van der Waals surface area (Å²) in [6, 6.07) is 14.0. The Morgan fingerprint density at radius 3 is 2.86 bits per heavy atom. The van der Waals surface area contributed by atoms with Crippen molar-refractivity contribution in [2.24, 2.45) is 4.99 Å². The Bertz CT molecular complexity index is 1060. The van der Waals surface area contributed by atoms with Crippen LogP contribution in [0.4, 0.5) is 10.8 Å². The summed E-state index contributed by atoms with van der Waals surface area (Å²) < 4.78 is 6.54. The smallest absolute Gasteiger partial charge is 0.249 e. The molecule has 0 spiro atoms. The molecule has 4 rings (SSSR count). The molecular weight excluding hydrogens is 390 g/mol. The van der Waals surface area contributed by atoms with Gasteiger partial charge >= 0.3 is 0 Å². The molecule has 0 fully saturated rings. The molecule has 0 saturated heterocycles. The van der Waals surface area contributed by atoms with Crippen LogP contribution in [0, 0.1) is 0 Å². The summed E-state index contributed by atoms with van der Waals surface area (Å²) in [6.07, 6.45) is -0.0341. The molecule has 3 N–H and O–H groups in total. The molecule has 0 bridgehead atoms. The van der Waals surface area contributed by atoms with Gasteiger partial charge in [0.15, 0.2) is 5.13 Å². The van der Waals surface area contributed by atoms with Crippen molar-refractivity contribution in [3.63, 3.8) is 0 Å². The van der Waals surface area contributed by atoms with Gasteiger partial charge in [0.05, 0.1) is 28.9 Å². The van der Waals surface area contributed by atoms with Gasteiger partial charge in [-0.15, -0.1) is 0 Å². The quantitative estimate of drug-likeness (QED) is 0.601. The van der Waals surface area contributed by atoms with Crippen molar-refractivity contribution in [1.82, 2.24) is 10.3 Å². The van der Waals surface area contributed by atoms with Gasteiger partial charge in [0.2, 0.25) is 17.8 Å². The number of rotatable bonds is 5. The van der Waals surface area contributed by atoms with Gasteiger partial charge in [0.1, 0.15) is 11.8 Å². The summed E-state index contributed by atoms with van der Waals surface area (Å²) in [5, 5.41) is 9.04. The lowest BCUT2D eigenvalue weighted by atomic mass is 10.1. The van der Waals surface area contributed by atoms with Crippen LogP contribution >= 0.6 is 11.3 Å². The second-order valence-electron chi connectivity index (χ2n) is 6.28. The number of para-hydroxylation sites is 3. The summed E-state index contributed by atoms with van der Waals surface area (Å²) in [4.78, 5) is 33.6. The van der Waals surface area contributed by atoms with E-state index in [1.807, 2.05) is 37.3 Å². The Morgan fingerprint density at radius 2 is 2.03 bits per heavy atom. The van der Waals surface area contributed by atoms with Gasteiger partial charge in [0, 0.05) is 0 Å². The van der Waals surface area contributed by atoms with Crippen LogP contribution in [0.2, 0.25) is 0 Å². The number of nitrogens with one attached hydrogen (secondary N) is 3. The number of hydrogen-bond donors (Lipinski definition) is 3. The molecule has 2 aromatic carbocycles. The molecule has 3 aromatic rings. The van der Waals surface area contributed by atoms with E-state index < -0.39 is 6.04 Å². The number of guanidine groups is 1. The number of benzene rings is 2. The van der Waals surface area contributed by atoms with Crippen LogP contribution in [0.25, 0.3) is 10.2 Å². The average Bonchev–Trinajstić information content (AvgIpc) is 3.11. The van der Waals surface area contributed by atoms with Gasteiger partial charge in [-0.3, -0.25) is 14.9 Å². The largest absolute Gasteiger partial charge is 0.492 e. The minimum atomic E-state index is -0.852. The highest BCUT2D eigenvalue weighted by atomic mass is 32.1. The Labute approximate surface area is 171 Å². The first kappa shape index (κ1) is 18.9. The predicted molar refractivity (Wildman–Crippen MR) is 113 cm³/mol. The van der Waals surface area contributed by atoms with Gasteiger partial charge in [-0.05, 0) is 31.2 Å². The molecule has 0 saturated carbocycles. The summed E-state index contributed by atoms with van der Waals surface area (Å²) in [5.41, 5.74) is 1.39. The lowest BCUT2D eigenvalue weighted by molar-refractivity contribution is -0.124. The van der Waals surface area contributed by atoms with Crippen molar-refractivity contribution in [2.45, 2.75) is 19.4 Å². The molecule has 29 heavy (non-hydrogen) atoms. The van der Waals surface area contributed by atoms with Crippen molar-refractivity contribution >= 4 is 50.1 Å². The molecule has 2 heterocycles. The first-order chi connectivity index (χ1) is 14.1. The maximum absolute atomic E-state index is 12.7. The molecule has 0 radical (unpaired) electrons. The molecule has 1 unspecified atom stereocenters. The van der Waals surface area contributed by atoms with E-state index in [2.05, 4.69) is 25.9 Å². The first-order valence-electron chi connectivity index (χ1n) is 9.15. The van der Waals surface area contributed by atoms with E-state index in [1.54, 1.807) is 18.2 Å². The normalized spacial score (nSPS) is 16.1. The highest BCUT2D eigenvalue weighted by Gasteiger charge is 2.28. The number of carbonyl (C=O) groups is 2. The van der Waals surface area contributed by atoms with Gasteiger partial charge in [-0.25, -0.2) is 9.98 Å². The van der Waals surface area contributed by atoms with E-state index in [-0.39, 0.29) is 24.2 Å². The lowest BCUT2D eigenvalue weighted by Crippen LogP contribution is -2.45. The molecule has 2 amide bonds. The van der Waals surface area contributed by atoms with E-state index in [4.69, 9.17) is 4.74 Å². The average molecular weight is 409 g/mol. The standard InChI is InChI=1S/C20H19N5O3S/c1-2-28-15-9-5-3-7-12(15)21-18(27)14-11-17(26)24-19(22-14)25-20-23-13-8-4-6-10-16(13)29-20/h3-10,14H,2,11H2,1H3,(H,21,27)(H2,22,23,24,25,26). The minimum Gasteiger partial charge on any atom is -0.492 e. The fraction of sp³-hybridized carbons (Fsp3) is 0.200. The van der Waals surface area contributed by atoms with E-state index in [9.17, 15) is 9.59 Å². The highest BCUT2D eigenvalue weighted by Crippen LogP contribution is 2.26. The van der Waals surface area contributed by atoms with Gasteiger partial charge < -0.3 is 15.4 Å². The second-order valence-corrected chi connectivity index (χ2v) is 7.31. The summed E-state index contributed by atoms with van der Waals surface area (Å²) >= 11 is 1.44. The highest BCUT2D eigenvalue weighted by molar-refractivity contribution is 7.22. The van der Waals surface area contributed by atoms with Crippen LogP contribution < -0.4 is 20.7 Å². The number of nitrogens with zero attached hydrogens (tertiary/aromatic N) is 2. The maximum Gasteiger partial charge on any atom is 0.249 e. The fourth-order valence-corrected chi connectivity index (χ4v) is 3.77. The third kappa shape index (κ3) is 4.35. The molecule has 9 heteroatoms. The number of aromatic nitrogens is 1. The van der Waals surface area contributed by atoms with Crippen molar-refractivity contribution in [1.29, 1.82) is 0 Å². The monoisotopic (exact) mass is 409 g/mol. The number of carbonyl (C=O) groups excluding carboxylic acids is 2. The zero-order valence-electron chi connectivity index (χ0n) is 15.6. The summed E-state index contributed by atoms with van der Waals surface area (Å²) in [5.74, 6) is 0.108. The van der Waals surface area contributed by atoms with E-state index in [0.717, 1.165) is 10.2 Å². The predicted octanol–water partition coefficient (Wildman–Crippen LogP) is 2.99. The molecule has 0 aliphatic carbocycles. The summed E-state index contributed by atoms with van der Waals surface area (Å²) in [6.45, 7) is 2.35. The van der Waals surface area contributed by atoms with Crippen LogP contribution in [-0.4, -0.2) is 35.4 Å². The molecule has 8 nitrogen and oxygen atoms in total. The van der Waals surface area contributed by atoms with E-state index >= 15 is 0 Å². The zero-order valence-corrected chi connectivity index (χ0v) is 16.5. The third-order valence-electron chi connectivity index (χ3n) is 4.19. The second kappa shape index (κ2) is 8.27. The fourth-order valence-electron chi connectivity index (χ4n) is 2.90. The van der Waals surface area contributed by atoms with Crippen molar-refractivity contribution < 1.29 is 14.3 Å². The van der Waals surface area contributed by atoms with Crippen LogP contribution in [-0.2, 0) is 9.59 Å². The van der Waals surface area contributed by atoms with Crippen molar-refractivity contribution in [3.05, 3.63) is 48.5 Å². The first-order valence-corrected chi connectivity index (χ1v) is 9.97. The minimum absolute atomic E-state index is 0.0341.